The summed E-state index contributed by atoms with van der Waals surface area (Å²) in [6, 6.07) is 6.32. The van der Waals surface area contributed by atoms with Crippen LogP contribution in [0.4, 0.5) is 5.69 Å². The van der Waals surface area contributed by atoms with E-state index >= 15 is 0 Å². The van der Waals surface area contributed by atoms with Gasteiger partial charge in [-0.1, -0.05) is 17.7 Å². The zero-order chi connectivity index (χ0) is 14.4. The zero-order valence-corrected chi connectivity index (χ0v) is 13.1. The Hall–Kier alpha value is -1.17. The average molecular weight is 294 g/mol. The van der Waals surface area contributed by atoms with Crippen LogP contribution in [-0.4, -0.2) is 44.5 Å². The summed E-state index contributed by atoms with van der Waals surface area (Å²) in [7, 11) is 0. The van der Waals surface area contributed by atoms with Gasteiger partial charge in [-0.05, 0) is 37.7 Å². The standard InChI is InChI=1S/C15H23N3OS/c1-12-3-4-14(13(2)11-12)17-15(20)16-5-6-18-7-9-19-10-8-18/h3-4,11H,5-10H2,1-2H3,(H2,16,17,20)/p+1. The number of hydrogen-bond donors (Lipinski definition) is 3. The molecular weight excluding hydrogens is 270 g/mol. The first kappa shape index (κ1) is 15.2. The van der Waals surface area contributed by atoms with E-state index in [1.165, 1.54) is 11.1 Å². The lowest BCUT2D eigenvalue weighted by Gasteiger charge is -2.24. The molecule has 20 heavy (non-hydrogen) atoms. The monoisotopic (exact) mass is 294 g/mol. The number of morpholine rings is 1. The molecule has 0 radical (unpaired) electrons. The van der Waals surface area contributed by atoms with Crippen molar-refractivity contribution in [3.05, 3.63) is 29.3 Å². The Morgan fingerprint density at radius 1 is 1.30 bits per heavy atom. The number of nitrogens with one attached hydrogen (secondary N) is 3. The SMILES string of the molecule is Cc1ccc(NC(=S)NCC[NH+]2CCOCC2)c(C)c1. The normalized spacial score (nSPS) is 15.9. The third-order valence-electron chi connectivity index (χ3n) is 3.59. The van der Waals surface area contributed by atoms with Crippen LogP contribution in [0.1, 0.15) is 11.1 Å². The highest BCUT2D eigenvalue weighted by Gasteiger charge is 2.12. The van der Waals surface area contributed by atoms with E-state index in [4.69, 9.17) is 17.0 Å². The molecule has 0 amide bonds. The molecule has 5 heteroatoms. The summed E-state index contributed by atoms with van der Waals surface area (Å²) in [6.07, 6.45) is 0. The van der Waals surface area contributed by atoms with Crippen molar-refractivity contribution in [3.8, 4) is 0 Å². The molecule has 1 aromatic rings. The summed E-state index contributed by atoms with van der Waals surface area (Å²) >= 11 is 5.34. The third-order valence-corrected chi connectivity index (χ3v) is 3.84. The Bertz CT molecular complexity index is 458. The number of quaternary nitrogens is 1. The minimum atomic E-state index is 0.699. The molecule has 4 nitrogen and oxygen atoms in total. The van der Waals surface area contributed by atoms with Crippen LogP contribution in [-0.2, 0) is 4.74 Å². The first-order chi connectivity index (χ1) is 9.65. The minimum Gasteiger partial charge on any atom is -0.370 e. The second-order valence-corrected chi connectivity index (χ2v) is 5.72. The Morgan fingerprint density at radius 2 is 2.05 bits per heavy atom. The van der Waals surface area contributed by atoms with Crippen LogP contribution >= 0.6 is 12.2 Å². The molecule has 1 saturated heterocycles. The van der Waals surface area contributed by atoms with Gasteiger partial charge < -0.3 is 20.3 Å². The number of thiocarbonyl (C=S) groups is 1. The van der Waals surface area contributed by atoms with Crippen molar-refractivity contribution in [2.45, 2.75) is 13.8 Å². The van der Waals surface area contributed by atoms with Gasteiger partial charge in [0.25, 0.3) is 0 Å². The zero-order valence-electron chi connectivity index (χ0n) is 12.3. The molecule has 0 saturated carbocycles. The van der Waals surface area contributed by atoms with Crippen molar-refractivity contribution in [2.24, 2.45) is 0 Å². The highest BCUT2D eigenvalue weighted by atomic mass is 32.1. The molecule has 1 fully saturated rings. The fraction of sp³-hybridized carbons (Fsp3) is 0.533. The van der Waals surface area contributed by atoms with Crippen LogP contribution < -0.4 is 15.5 Å². The molecule has 0 atom stereocenters. The van der Waals surface area contributed by atoms with Crippen molar-refractivity contribution in [1.29, 1.82) is 0 Å². The number of aryl methyl sites for hydroxylation is 2. The van der Waals surface area contributed by atoms with Crippen LogP contribution in [0, 0.1) is 13.8 Å². The van der Waals surface area contributed by atoms with Crippen LogP contribution in [0.2, 0.25) is 0 Å². The Morgan fingerprint density at radius 3 is 2.75 bits per heavy atom. The molecule has 1 aliphatic rings. The maximum Gasteiger partial charge on any atom is 0.170 e. The van der Waals surface area contributed by atoms with Gasteiger partial charge in [0.2, 0.25) is 0 Å². The number of benzene rings is 1. The summed E-state index contributed by atoms with van der Waals surface area (Å²) < 4.78 is 5.35. The quantitative estimate of drug-likeness (QED) is 0.707. The van der Waals surface area contributed by atoms with Crippen molar-refractivity contribution in [1.82, 2.24) is 5.32 Å². The third kappa shape index (κ3) is 4.74. The van der Waals surface area contributed by atoms with Gasteiger partial charge >= 0.3 is 0 Å². The lowest BCUT2D eigenvalue weighted by Crippen LogP contribution is -3.14. The van der Waals surface area contributed by atoms with E-state index in [1.54, 1.807) is 4.90 Å². The molecule has 1 aliphatic heterocycles. The van der Waals surface area contributed by atoms with Gasteiger partial charge in [-0.15, -0.1) is 0 Å². The molecule has 0 unspecified atom stereocenters. The second-order valence-electron chi connectivity index (χ2n) is 5.31. The van der Waals surface area contributed by atoms with Crippen molar-refractivity contribution < 1.29 is 9.64 Å². The fourth-order valence-corrected chi connectivity index (χ4v) is 2.60. The first-order valence-corrected chi connectivity index (χ1v) is 7.59. The molecule has 0 bridgehead atoms. The summed E-state index contributed by atoms with van der Waals surface area (Å²) in [4.78, 5) is 1.58. The van der Waals surface area contributed by atoms with Crippen LogP contribution in [0.15, 0.2) is 18.2 Å². The maximum atomic E-state index is 5.35. The number of rotatable bonds is 4. The van der Waals surface area contributed by atoms with Gasteiger partial charge in [0, 0.05) is 5.69 Å². The first-order valence-electron chi connectivity index (χ1n) is 7.18. The smallest absolute Gasteiger partial charge is 0.170 e. The minimum absolute atomic E-state index is 0.699. The summed E-state index contributed by atoms with van der Waals surface area (Å²) in [6.45, 7) is 10.1. The van der Waals surface area contributed by atoms with E-state index in [0.29, 0.717) is 5.11 Å². The second kappa shape index (κ2) is 7.57. The van der Waals surface area contributed by atoms with Gasteiger partial charge in [0.15, 0.2) is 5.11 Å². The van der Waals surface area contributed by atoms with E-state index in [0.717, 1.165) is 45.1 Å². The van der Waals surface area contributed by atoms with Crippen LogP contribution in [0.3, 0.4) is 0 Å². The maximum absolute atomic E-state index is 5.35. The molecule has 0 aromatic heterocycles. The molecule has 3 N–H and O–H groups in total. The van der Waals surface area contributed by atoms with E-state index in [2.05, 4.69) is 42.7 Å². The van der Waals surface area contributed by atoms with Crippen molar-refractivity contribution >= 4 is 23.0 Å². The van der Waals surface area contributed by atoms with Gasteiger partial charge in [-0.2, -0.15) is 0 Å². The molecule has 110 valence electrons. The average Bonchev–Trinajstić information content (AvgIpc) is 2.43. The van der Waals surface area contributed by atoms with E-state index in [1.807, 2.05) is 0 Å². The van der Waals surface area contributed by atoms with Crippen LogP contribution in [0.25, 0.3) is 0 Å². The van der Waals surface area contributed by atoms with E-state index < -0.39 is 0 Å². The molecular formula is C15H24N3OS+. The fourth-order valence-electron chi connectivity index (χ4n) is 2.38. The van der Waals surface area contributed by atoms with Gasteiger partial charge in [-0.3, -0.25) is 0 Å². The van der Waals surface area contributed by atoms with Crippen molar-refractivity contribution in [3.63, 3.8) is 0 Å². The van der Waals surface area contributed by atoms with E-state index in [-0.39, 0.29) is 0 Å². The molecule has 0 aliphatic carbocycles. The predicted molar refractivity (Wildman–Crippen MR) is 86.5 cm³/mol. The van der Waals surface area contributed by atoms with Crippen LogP contribution in [0.5, 0.6) is 0 Å². The lowest BCUT2D eigenvalue weighted by atomic mass is 10.1. The number of hydrogen-bond acceptors (Lipinski definition) is 2. The lowest BCUT2D eigenvalue weighted by molar-refractivity contribution is -0.906. The summed E-state index contributed by atoms with van der Waals surface area (Å²) in [5.41, 5.74) is 3.56. The number of ether oxygens (including phenoxy) is 1. The van der Waals surface area contributed by atoms with Gasteiger partial charge in [0.1, 0.15) is 13.1 Å². The van der Waals surface area contributed by atoms with Gasteiger partial charge in [0.05, 0.1) is 26.3 Å². The summed E-state index contributed by atoms with van der Waals surface area (Å²) in [5, 5.41) is 7.24. The summed E-state index contributed by atoms with van der Waals surface area (Å²) in [5.74, 6) is 0. The van der Waals surface area contributed by atoms with Gasteiger partial charge in [-0.25, -0.2) is 0 Å². The number of anilines is 1. The molecule has 1 aromatic carbocycles. The topological polar surface area (TPSA) is 37.7 Å². The Labute approximate surface area is 126 Å². The molecule has 0 spiro atoms. The Balaban J connectivity index is 1.72. The highest BCUT2D eigenvalue weighted by Crippen LogP contribution is 2.15. The predicted octanol–water partition coefficient (Wildman–Crippen LogP) is 0.505. The molecule has 2 rings (SSSR count). The van der Waals surface area contributed by atoms with Crippen molar-refractivity contribution in [2.75, 3.05) is 44.7 Å². The highest BCUT2D eigenvalue weighted by molar-refractivity contribution is 7.80. The Kier molecular flexibility index (Phi) is 5.76. The molecule has 1 heterocycles. The van der Waals surface area contributed by atoms with E-state index in [9.17, 15) is 0 Å². The largest absolute Gasteiger partial charge is 0.370 e.